The van der Waals surface area contributed by atoms with Crippen LogP contribution in [0.25, 0.3) is 0 Å². The number of hydrogen-bond donors (Lipinski definition) is 2. The second-order valence-corrected chi connectivity index (χ2v) is 8.37. The van der Waals surface area contributed by atoms with Gasteiger partial charge in [-0.1, -0.05) is 15.9 Å². The minimum absolute atomic E-state index is 0.0247. The van der Waals surface area contributed by atoms with Crippen LogP contribution < -0.4 is 10.2 Å². The Morgan fingerprint density at radius 2 is 2.04 bits per heavy atom. The fourth-order valence-electron chi connectivity index (χ4n) is 2.80. The third-order valence-corrected chi connectivity index (χ3v) is 4.62. The van der Waals surface area contributed by atoms with Crippen LogP contribution in [-0.2, 0) is 4.74 Å². The molecule has 1 amide bonds. The highest BCUT2D eigenvalue weighted by molar-refractivity contribution is 9.10. The number of nitro benzene ring substituents is 1. The number of benzene rings is 1. The first-order valence-corrected chi connectivity index (χ1v) is 9.17. The molecule has 1 aliphatic heterocycles. The zero-order valence-electron chi connectivity index (χ0n) is 15.1. The number of amides is 1. The van der Waals surface area contributed by atoms with Gasteiger partial charge in [0.05, 0.1) is 10.5 Å². The summed E-state index contributed by atoms with van der Waals surface area (Å²) in [5.74, 6) is 0. The van der Waals surface area contributed by atoms with E-state index in [2.05, 4.69) is 21.2 Å². The lowest BCUT2D eigenvalue weighted by molar-refractivity contribution is -0.384. The van der Waals surface area contributed by atoms with E-state index in [4.69, 9.17) is 4.74 Å². The number of rotatable bonds is 4. The number of carbonyl (C=O) groups excluding carboxylic acids is 1. The van der Waals surface area contributed by atoms with E-state index in [1.165, 1.54) is 6.07 Å². The second-order valence-electron chi connectivity index (χ2n) is 7.46. The largest absolute Gasteiger partial charge is 0.444 e. The molecule has 0 atom stereocenters. The van der Waals surface area contributed by atoms with Crippen molar-refractivity contribution < 1.29 is 19.6 Å². The van der Waals surface area contributed by atoms with Crippen LogP contribution in [0.4, 0.5) is 16.2 Å². The first kappa shape index (κ1) is 20.4. The summed E-state index contributed by atoms with van der Waals surface area (Å²) in [7, 11) is 0. The topological polar surface area (TPSA) is 105 Å². The minimum Gasteiger partial charge on any atom is -0.444 e. The number of nitrogens with one attached hydrogen (secondary N) is 1. The highest BCUT2D eigenvalue weighted by Crippen LogP contribution is 2.34. The highest BCUT2D eigenvalue weighted by Gasteiger charge is 2.35. The van der Waals surface area contributed by atoms with Crippen molar-refractivity contribution in [1.82, 2.24) is 5.32 Å². The lowest BCUT2D eigenvalue weighted by atomic mass is 9.91. The number of carbonyl (C=O) groups is 1. The van der Waals surface area contributed by atoms with E-state index in [-0.39, 0.29) is 12.2 Å². The van der Waals surface area contributed by atoms with Gasteiger partial charge in [0, 0.05) is 30.2 Å². The molecule has 1 aromatic rings. The molecule has 1 aromatic carbocycles. The molecular formula is C17H24BrN3O5. The summed E-state index contributed by atoms with van der Waals surface area (Å²) in [5, 5.41) is 24.5. The van der Waals surface area contributed by atoms with Crippen molar-refractivity contribution in [1.29, 1.82) is 0 Å². The Morgan fingerprint density at radius 3 is 2.58 bits per heavy atom. The van der Waals surface area contributed by atoms with E-state index < -0.39 is 22.2 Å². The monoisotopic (exact) mass is 429 g/mol. The fraction of sp³-hybridized carbons (Fsp3) is 0.588. The van der Waals surface area contributed by atoms with Gasteiger partial charge in [-0.15, -0.1) is 0 Å². The molecule has 0 unspecified atom stereocenters. The zero-order chi connectivity index (χ0) is 19.5. The molecule has 1 saturated heterocycles. The van der Waals surface area contributed by atoms with Crippen LogP contribution in [0, 0.1) is 10.1 Å². The van der Waals surface area contributed by atoms with Crippen LogP contribution in [0.3, 0.4) is 0 Å². The summed E-state index contributed by atoms with van der Waals surface area (Å²) >= 11 is 3.25. The Labute approximate surface area is 160 Å². The number of aliphatic hydroxyl groups is 1. The molecule has 0 spiro atoms. The molecule has 0 radical (unpaired) electrons. The number of anilines is 1. The molecule has 0 bridgehead atoms. The van der Waals surface area contributed by atoms with Gasteiger partial charge in [-0.2, -0.15) is 0 Å². The van der Waals surface area contributed by atoms with Crippen LogP contribution in [-0.4, -0.2) is 47.0 Å². The highest BCUT2D eigenvalue weighted by atomic mass is 79.9. The van der Waals surface area contributed by atoms with Gasteiger partial charge < -0.3 is 20.1 Å². The predicted molar refractivity (Wildman–Crippen MR) is 101 cm³/mol. The molecule has 26 heavy (non-hydrogen) atoms. The van der Waals surface area contributed by atoms with E-state index in [9.17, 15) is 20.0 Å². The van der Waals surface area contributed by atoms with Gasteiger partial charge in [0.25, 0.3) is 5.69 Å². The first-order chi connectivity index (χ1) is 12.0. The van der Waals surface area contributed by atoms with E-state index in [0.29, 0.717) is 36.1 Å². The van der Waals surface area contributed by atoms with E-state index >= 15 is 0 Å². The normalized spacial score (nSPS) is 16.9. The van der Waals surface area contributed by atoms with E-state index in [1.54, 1.807) is 32.9 Å². The smallest absolute Gasteiger partial charge is 0.407 e. The number of nitro groups is 1. The molecule has 8 nitrogen and oxygen atoms in total. The second kappa shape index (κ2) is 7.79. The Morgan fingerprint density at radius 1 is 1.42 bits per heavy atom. The van der Waals surface area contributed by atoms with Crippen molar-refractivity contribution in [2.45, 2.75) is 44.8 Å². The lowest BCUT2D eigenvalue weighted by Crippen LogP contribution is -2.51. The quantitative estimate of drug-likeness (QED) is 0.562. The van der Waals surface area contributed by atoms with Gasteiger partial charge in [-0.3, -0.25) is 10.1 Å². The van der Waals surface area contributed by atoms with Crippen molar-refractivity contribution >= 4 is 33.4 Å². The van der Waals surface area contributed by atoms with Crippen molar-refractivity contribution in [3.05, 3.63) is 32.8 Å². The summed E-state index contributed by atoms with van der Waals surface area (Å²) < 4.78 is 5.81. The fourth-order valence-corrected chi connectivity index (χ4v) is 3.15. The maximum absolute atomic E-state index is 11.7. The minimum atomic E-state index is -1.06. The number of alkyl carbamates (subject to hydrolysis) is 1. The van der Waals surface area contributed by atoms with E-state index in [1.807, 2.05) is 4.90 Å². The summed E-state index contributed by atoms with van der Waals surface area (Å²) in [6, 6.07) is 4.93. The van der Waals surface area contributed by atoms with Crippen molar-refractivity contribution in [3.8, 4) is 0 Å². The van der Waals surface area contributed by atoms with Gasteiger partial charge in [0.15, 0.2) is 0 Å². The standard InChI is InChI=1S/C17H24BrN3O5/c1-16(2,3)26-15(22)19-11-17(23)6-8-20(9-7-17)13-5-4-12(18)10-14(13)21(24)25/h4-5,10,23H,6-9,11H2,1-3H3,(H,19,22). The van der Waals surface area contributed by atoms with Crippen LogP contribution >= 0.6 is 15.9 Å². The molecule has 1 heterocycles. The Bertz CT molecular complexity index is 681. The Hall–Kier alpha value is -1.87. The molecule has 0 saturated carbocycles. The number of nitrogens with zero attached hydrogens (tertiary/aromatic N) is 2. The average molecular weight is 430 g/mol. The molecule has 1 fully saturated rings. The molecule has 9 heteroatoms. The molecule has 2 N–H and O–H groups in total. The van der Waals surface area contributed by atoms with E-state index in [0.717, 1.165) is 0 Å². The van der Waals surface area contributed by atoms with Crippen LogP contribution in [0.1, 0.15) is 33.6 Å². The van der Waals surface area contributed by atoms with Crippen molar-refractivity contribution in [2.75, 3.05) is 24.5 Å². The molecule has 1 aliphatic rings. The Kier molecular flexibility index (Phi) is 6.13. The van der Waals surface area contributed by atoms with Gasteiger partial charge in [0.2, 0.25) is 0 Å². The number of hydrogen-bond acceptors (Lipinski definition) is 6. The van der Waals surface area contributed by atoms with Crippen molar-refractivity contribution in [2.24, 2.45) is 0 Å². The van der Waals surface area contributed by atoms with Crippen molar-refractivity contribution in [3.63, 3.8) is 0 Å². The van der Waals surface area contributed by atoms with Crippen LogP contribution in [0.2, 0.25) is 0 Å². The number of halogens is 1. The summed E-state index contributed by atoms with van der Waals surface area (Å²) in [5.41, 5.74) is -1.11. The third-order valence-electron chi connectivity index (χ3n) is 4.13. The third kappa shape index (κ3) is 5.57. The SMILES string of the molecule is CC(C)(C)OC(=O)NCC1(O)CCN(c2ccc(Br)cc2[N+](=O)[O-])CC1. The maximum atomic E-state index is 11.7. The van der Waals surface area contributed by atoms with Gasteiger partial charge in [-0.25, -0.2) is 4.79 Å². The molecular weight excluding hydrogens is 406 g/mol. The average Bonchev–Trinajstić information content (AvgIpc) is 2.52. The molecule has 0 aliphatic carbocycles. The molecule has 2 rings (SSSR count). The molecule has 144 valence electrons. The van der Waals surface area contributed by atoms with Crippen LogP contribution in [0.15, 0.2) is 22.7 Å². The number of piperidine rings is 1. The van der Waals surface area contributed by atoms with Gasteiger partial charge >= 0.3 is 6.09 Å². The van der Waals surface area contributed by atoms with Gasteiger partial charge in [0.1, 0.15) is 11.3 Å². The van der Waals surface area contributed by atoms with Crippen LogP contribution in [0.5, 0.6) is 0 Å². The lowest BCUT2D eigenvalue weighted by Gasteiger charge is -2.39. The first-order valence-electron chi connectivity index (χ1n) is 8.37. The molecule has 0 aromatic heterocycles. The summed E-state index contributed by atoms with van der Waals surface area (Å²) in [6.07, 6.45) is 0.198. The predicted octanol–water partition coefficient (Wildman–Crippen LogP) is 3.21. The zero-order valence-corrected chi connectivity index (χ0v) is 16.7. The van der Waals surface area contributed by atoms with Gasteiger partial charge in [-0.05, 0) is 45.7 Å². The Balaban J connectivity index is 1.96. The summed E-state index contributed by atoms with van der Waals surface area (Å²) in [6.45, 7) is 6.29. The maximum Gasteiger partial charge on any atom is 0.407 e. The summed E-state index contributed by atoms with van der Waals surface area (Å²) in [4.78, 5) is 24.5. The number of ether oxygens (including phenoxy) is 1.